The molecule has 0 aromatic heterocycles. The molecule has 0 bridgehead atoms. The quantitative estimate of drug-likeness (QED) is 0.386. The van der Waals surface area contributed by atoms with Crippen LogP contribution in [-0.2, 0) is 4.74 Å². The summed E-state index contributed by atoms with van der Waals surface area (Å²) in [6, 6.07) is 0. The van der Waals surface area contributed by atoms with Crippen LogP contribution in [0.15, 0.2) is 4.99 Å². The van der Waals surface area contributed by atoms with E-state index in [1.807, 2.05) is 38.0 Å². The summed E-state index contributed by atoms with van der Waals surface area (Å²) in [5.74, 6) is 1.83. The molecule has 88 valence electrons. The molecule has 0 amide bonds. The van der Waals surface area contributed by atoms with Gasteiger partial charge in [0.25, 0.3) is 0 Å². The van der Waals surface area contributed by atoms with Crippen molar-refractivity contribution < 1.29 is 4.74 Å². The first-order valence-corrected chi connectivity index (χ1v) is 5.58. The van der Waals surface area contributed by atoms with Crippen LogP contribution >= 0.6 is 0 Å². The van der Waals surface area contributed by atoms with E-state index in [1.165, 1.54) is 12.8 Å². The third-order valence-electron chi connectivity index (χ3n) is 2.34. The van der Waals surface area contributed by atoms with Crippen LogP contribution < -0.4 is 0 Å². The molecular weight excluding hydrogens is 190 g/mol. The molecule has 4 nitrogen and oxygen atoms in total. The minimum Gasteiger partial charge on any atom is -0.379 e. The average molecular weight is 213 g/mol. The van der Waals surface area contributed by atoms with Crippen molar-refractivity contribution in [3.63, 3.8) is 0 Å². The molecule has 1 rings (SSSR count). The smallest absolute Gasteiger partial charge is 0.195 e. The highest BCUT2D eigenvalue weighted by Gasteiger charge is 2.20. The number of hydrogen-bond acceptors (Lipinski definition) is 2. The van der Waals surface area contributed by atoms with Crippen LogP contribution in [0.3, 0.4) is 0 Å². The van der Waals surface area contributed by atoms with E-state index in [1.54, 1.807) is 0 Å². The minimum absolute atomic E-state index is 0.738. The highest BCUT2D eigenvalue weighted by Crippen LogP contribution is 2.28. The Kier molecular flexibility index (Phi) is 4.88. The lowest BCUT2D eigenvalue weighted by Gasteiger charge is -2.22. The van der Waals surface area contributed by atoms with Gasteiger partial charge in [-0.2, -0.15) is 0 Å². The fraction of sp³-hybridized carbons (Fsp3) is 0.909. The van der Waals surface area contributed by atoms with Gasteiger partial charge in [0.2, 0.25) is 0 Å². The predicted octanol–water partition coefficient (Wildman–Crippen LogP) is 0.892. The van der Waals surface area contributed by atoms with Crippen LogP contribution in [0.2, 0.25) is 0 Å². The first kappa shape index (κ1) is 12.3. The predicted molar refractivity (Wildman–Crippen MR) is 63.2 cm³/mol. The van der Waals surface area contributed by atoms with Gasteiger partial charge in [-0.25, -0.2) is 0 Å². The fourth-order valence-corrected chi connectivity index (χ4v) is 1.43. The minimum atomic E-state index is 0.738. The van der Waals surface area contributed by atoms with E-state index in [0.717, 1.165) is 31.6 Å². The van der Waals surface area contributed by atoms with Gasteiger partial charge in [0, 0.05) is 34.8 Å². The summed E-state index contributed by atoms with van der Waals surface area (Å²) in [5, 5.41) is 0. The van der Waals surface area contributed by atoms with E-state index >= 15 is 0 Å². The number of guanidine groups is 1. The summed E-state index contributed by atoms with van der Waals surface area (Å²) < 4.78 is 5.52. The number of ether oxygens (including phenoxy) is 1. The van der Waals surface area contributed by atoms with Crippen molar-refractivity contribution >= 4 is 5.96 Å². The summed E-state index contributed by atoms with van der Waals surface area (Å²) in [6.45, 7) is 2.41. The standard InChI is InChI=1S/C11H23N3O/c1-13(2)11(14(3)4)12-7-8-15-9-10-5-6-10/h10H,5-9H2,1-4H3. The van der Waals surface area contributed by atoms with E-state index in [0.29, 0.717) is 0 Å². The maximum absolute atomic E-state index is 5.52. The van der Waals surface area contributed by atoms with Crippen LogP contribution in [0.25, 0.3) is 0 Å². The molecule has 0 N–H and O–H groups in total. The van der Waals surface area contributed by atoms with E-state index in [9.17, 15) is 0 Å². The van der Waals surface area contributed by atoms with Crippen LogP contribution in [0.1, 0.15) is 12.8 Å². The molecule has 0 atom stereocenters. The second-order valence-corrected chi connectivity index (χ2v) is 4.49. The summed E-state index contributed by atoms with van der Waals surface area (Å²) >= 11 is 0. The van der Waals surface area contributed by atoms with Crippen molar-refractivity contribution in [1.29, 1.82) is 0 Å². The second-order valence-electron chi connectivity index (χ2n) is 4.49. The average Bonchev–Trinajstić information content (AvgIpc) is 2.93. The van der Waals surface area contributed by atoms with Crippen LogP contribution in [-0.4, -0.2) is 63.7 Å². The van der Waals surface area contributed by atoms with Gasteiger partial charge >= 0.3 is 0 Å². The van der Waals surface area contributed by atoms with Crippen molar-refractivity contribution in [3.8, 4) is 0 Å². The molecule has 1 aliphatic rings. The Hall–Kier alpha value is -0.770. The monoisotopic (exact) mass is 213 g/mol. The van der Waals surface area contributed by atoms with Crippen LogP contribution in [0.5, 0.6) is 0 Å². The fourth-order valence-electron chi connectivity index (χ4n) is 1.43. The third kappa shape index (κ3) is 5.02. The largest absolute Gasteiger partial charge is 0.379 e. The van der Waals surface area contributed by atoms with Gasteiger partial charge in [-0.3, -0.25) is 4.99 Å². The Morgan fingerprint density at radius 2 is 1.80 bits per heavy atom. The molecule has 0 radical (unpaired) electrons. The number of aliphatic imine (C=N–C) groups is 1. The van der Waals surface area contributed by atoms with Gasteiger partial charge in [-0.15, -0.1) is 0 Å². The molecule has 1 fully saturated rings. The molecule has 0 aliphatic heterocycles. The molecule has 0 spiro atoms. The van der Waals surface area contributed by atoms with Gasteiger partial charge in [0.05, 0.1) is 13.2 Å². The first-order chi connectivity index (χ1) is 7.11. The maximum atomic E-state index is 5.52. The van der Waals surface area contributed by atoms with Crippen molar-refractivity contribution in [3.05, 3.63) is 0 Å². The van der Waals surface area contributed by atoms with Crippen LogP contribution in [0, 0.1) is 5.92 Å². The summed E-state index contributed by atoms with van der Waals surface area (Å²) in [6.07, 6.45) is 2.70. The molecule has 4 heteroatoms. The normalized spacial score (nSPS) is 14.9. The highest BCUT2D eigenvalue weighted by molar-refractivity contribution is 5.79. The summed E-state index contributed by atoms with van der Waals surface area (Å²) in [4.78, 5) is 8.51. The van der Waals surface area contributed by atoms with E-state index in [4.69, 9.17) is 4.74 Å². The SMILES string of the molecule is CN(C)C(=NCCOCC1CC1)N(C)C. The van der Waals surface area contributed by atoms with E-state index in [-0.39, 0.29) is 0 Å². The number of nitrogens with zero attached hydrogens (tertiary/aromatic N) is 3. The molecule has 0 heterocycles. The molecule has 0 aromatic rings. The summed E-state index contributed by atoms with van der Waals surface area (Å²) in [7, 11) is 8.02. The zero-order valence-corrected chi connectivity index (χ0v) is 10.4. The molecular formula is C11H23N3O. The lowest BCUT2D eigenvalue weighted by Crippen LogP contribution is -2.35. The molecule has 0 unspecified atom stereocenters. The maximum Gasteiger partial charge on any atom is 0.195 e. The number of hydrogen-bond donors (Lipinski definition) is 0. The van der Waals surface area contributed by atoms with Crippen molar-refractivity contribution in [2.75, 3.05) is 47.9 Å². The van der Waals surface area contributed by atoms with Gasteiger partial charge in [0.15, 0.2) is 5.96 Å². The molecule has 1 aliphatic carbocycles. The Labute approximate surface area is 92.9 Å². The molecule has 0 saturated heterocycles. The lowest BCUT2D eigenvalue weighted by atomic mass is 10.5. The van der Waals surface area contributed by atoms with E-state index in [2.05, 4.69) is 4.99 Å². The highest BCUT2D eigenvalue weighted by atomic mass is 16.5. The molecule has 1 saturated carbocycles. The van der Waals surface area contributed by atoms with Crippen molar-refractivity contribution in [2.24, 2.45) is 10.9 Å². The van der Waals surface area contributed by atoms with E-state index < -0.39 is 0 Å². The first-order valence-electron chi connectivity index (χ1n) is 5.58. The zero-order valence-electron chi connectivity index (χ0n) is 10.4. The molecule has 0 aromatic carbocycles. The van der Waals surface area contributed by atoms with Crippen molar-refractivity contribution in [1.82, 2.24) is 9.80 Å². The lowest BCUT2D eigenvalue weighted by molar-refractivity contribution is 0.131. The topological polar surface area (TPSA) is 28.1 Å². The van der Waals surface area contributed by atoms with Gasteiger partial charge in [-0.05, 0) is 18.8 Å². The molecule has 15 heavy (non-hydrogen) atoms. The second kappa shape index (κ2) is 5.95. The Balaban J connectivity index is 2.14. The Morgan fingerprint density at radius 3 is 2.27 bits per heavy atom. The zero-order chi connectivity index (χ0) is 11.3. The summed E-state index contributed by atoms with van der Waals surface area (Å²) in [5.41, 5.74) is 0. The van der Waals surface area contributed by atoms with Gasteiger partial charge in [0.1, 0.15) is 0 Å². The van der Waals surface area contributed by atoms with Crippen LogP contribution in [0.4, 0.5) is 0 Å². The Morgan fingerprint density at radius 1 is 1.20 bits per heavy atom. The van der Waals surface area contributed by atoms with Crippen molar-refractivity contribution in [2.45, 2.75) is 12.8 Å². The Bertz CT molecular complexity index is 200. The third-order valence-corrected chi connectivity index (χ3v) is 2.34. The van der Waals surface area contributed by atoms with Gasteiger partial charge in [-0.1, -0.05) is 0 Å². The number of rotatable bonds is 5. The van der Waals surface area contributed by atoms with Gasteiger partial charge < -0.3 is 14.5 Å².